The van der Waals surface area contributed by atoms with Crippen LogP contribution in [-0.4, -0.2) is 78.0 Å². The summed E-state index contributed by atoms with van der Waals surface area (Å²) in [4.78, 5) is 28.6. The first-order valence-electron chi connectivity index (χ1n) is 14.7. The van der Waals surface area contributed by atoms with E-state index in [1.54, 1.807) is 30.0 Å². The number of likely N-dealkylation sites (N-methyl/N-ethyl adjacent to an activating group) is 1. The second-order valence-corrected chi connectivity index (χ2v) is 14.1. The highest BCUT2D eigenvalue weighted by atomic mass is 35.5. The maximum Gasteiger partial charge on any atom is 0.258 e. The molecule has 2 amide bonds. The predicted molar refractivity (Wildman–Crippen MR) is 174 cm³/mol. The molecule has 0 bridgehead atoms. The molecule has 2 N–H and O–H groups in total. The third-order valence-electron chi connectivity index (χ3n) is 8.24. The number of carbonyl (C=O) groups excluding carboxylic acids is 2. The van der Waals surface area contributed by atoms with Gasteiger partial charge in [0.2, 0.25) is 15.9 Å². The molecular weight excluding hydrogens is 616 g/mol. The third-order valence-corrected chi connectivity index (χ3v) is 10.3. The lowest BCUT2D eigenvalue weighted by atomic mass is 9.99. The Bertz CT molecular complexity index is 1820. The Morgan fingerprint density at radius 2 is 1.87 bits per heavy atom. The van der Waals surface area contributed by atoms with Crippen LogP contribution in [0.4, 0.5) is 5.69 Å². The van der Waals surface area contributed by atoms with Crippen LogP contribution in [0.25, 0.3) is 10.9 Å². The van der Waals surface area contributed by atoms with E-state index in [-0.39, 0.29) is 60.1 Å². The number of sulfonamides is 1. The van der Waals surface area contributed by atoms with Crippen LogP contribution < -0.4 is 10.1 Å². The number of carbonyl (C=O) groups is 2. The molecule has 12 heteroatoms. The molecule has 1 aliphatic rings. The third kappa shape index (κ3) is 6.86. The number of aromatic nitrogens is 1. The Morgan fingerprint density at radius 3 is 2.58 bits per heavy atom. The Kier molecular flexibility index (Phi) is 9.54. The minimum Gasteiger partial charge on any atom is -0.488 e. The molecule has 3 aromatic carbocycles. The van der Waals surface area contributed by atoms with Crippen LogP contribution in [-0.2, 0) is 28.3 Å². The van der Waals surface area contributed by atoms with Gasteiger partial charge in [-0.25, -0.2) is 8.42 Å². The predicted octanol–water partition coefficient (Wildman–Crippen LogP) is 4.55. The van der Waals surface area contributed by atoms with E-state index >= 15 is 0 Å². The van der Waals surface area contributed by atoms with E-state index in [1.807, 2.05) is 49.0 Å². The molecule has 0 radical (unpaired) electrons. The number of benzene rings is 3. The van der Waals surface area contributed by atoms with Crippen LogP contribution in [0.2, 0.25) is 5.02 Å². The van der Waals surface area contributed by atoms with E-state index < -0.39 is 22.2 Å². The molecule has 4 aromatic rings. The van der Waals surface area contributed by atoms with Gasteiger partial charge in [0.05, 0.1) is 36.1 Å². The average Bonchev–Trinajstić information content (AvgIpc) is 3.33. The van der Waals surface area contributed by atoms with Crippen LogP contribution in [0, 0.1) is 5.92 Å². The largest absolute Gasteiger partial charge is 0.488 e. The van der Waals surface area contributed by atoms with Gasteiger partial charge < -0.3 is 24.6 Å². The summed E-state index contributed by atoms with van der Waals surface area (Å²) in [7, 11) is -0.443. The summed E-state index contributed by atoms with van der Waals surface area (Å²) in [6, 6.07) is 18.1. The zero-order valence-corrected chi connectivity index (χ0v) is 27.2. The van der Waals surface area contributed by atoms with Gasteiger partial charge >= 0.3 is 0 Å². The Balaban J connectivity index is 1.41. The number of halogens is 1. The number of para-hydroxylation sites is 1. The number of nitrogens with zero attached hydrogens (tertiary/aromatic N) is 3. The van der Waals surface area contributed by atoms with Crippen molar-refractivity contribution in [1.82, 2.24) is 13.8 Å². The molecule has 10 nitrogen and oxygen atoms in total. The fraction of sp³-hybridized carbons (Fsp3) is 0.333. The van der Waals surface area contributed by atoms with E-state index in [0.717, 1.165) is 16.5 Å². The van der Waals surface area contributed by atoms with Crippen LogP contribution in [0.5, 0.6) is 5.75 Å². The molecular formula is C33H37ClN4O6S. The maximum atomic E-state index is 13.8. The minimum atomic E-state index is -3.86. The molecule has 45 heavy (non-hydrogen) atoms. The maximum absolute atomic E-state index is 13.8. The average molecular weight is 653 g/mol. The van der Waals surface area contributed by atoms with E-state index in [0.29, 0.717) is 10.7 Å². The lowest BCUT2D eigenvalue weighted by Gasteiger charge is -2.38. The van der Waals surface area contributed by atoms with Crippen molar-refractivity contribution in [1.29, 1.82) is 0 Å². The van der Waals surface area contributed by atoms with Crippen molar-refractivity contribution in [3.63, 3.8) is 0 Å². The van der Waals surface area contributed by atoms with Crippen LogP contribution in [0.1, 0.15) is 29.8 Å². The molecule has 0 spiro atoms. The lowest BCUT2D eigenvalue weighted by molar-refractivity contribution is -0.115. The van der Waals surface area contributed by atoms with Crippen molar-refractivity contribution in [3.8, 4) is 5.75 Å². The monoisotopic (exact) mass is 652 g/mol. The summed E-state index contributed by atoms with van der Waals surface area (Å²) in [5, 5.41) is 14.3. The van der Waals surface area contributed by atoms with Crippen LogP contribution in [0.3, 0.4) is 0 Å². The van der Waals surface area contributed by atoms with Crippen molar-refractivity contribution >= 4 is 50.0 Å². The summed E-state index contributed by atoms with van der Waals surface area (Å²) in [5.41, 5.74) is 2.53. The number of aliphatic hydroxyl groups excluding tert-OH is 1. The number of rotatable bonds is 9. The normalized spacial score (nSPS) is 17.8. The molecule has 0 saturated heterocycles. The summed E-state index contributed by atoms with van der Waals surface area (Å²) in [6.45, 7) is 3.59. The highest BCUT2D eigenvalue weighted by molar-refractivity contribution is 7.89. The number of nitrogens with one attached hydrogen (secondary N) is 1. The summed E-state index contributed by atoms with van der Waals surface area (Å²) >= 11 is 5.96. The van der Waals surface area contributed by atoms with Crippen LogP contribution >= 0.6 is 11.6 Å². The molecule has 5 rings (SSSR count). The van der Waals surface area contributed by atoms with E-state index in [9.17, 15) is 23.1 Å². The molecule has 3 atom stereocenters. The summed E-state index contributed by atoms with van der Waals surface area (Å²) in [5.74, 6) is -0.633. The smallest absolute Gasteiger partial charge is 0.258 e. The number of aryl methyl sites for hydroxylation is 1. The van der Waals surface area contributed by atoms with Crippen LogP contribution in [0.15, 0.2) is 77.8 Å². The highest BCUT2D eigenvalue weighted by Gasteiger charge is 2.35. The van der Waals surface area contributed by atoms with Crippen molar-refractivity contribution < 1.29 is 27.9 Å². The molecule has 238 valence electrons. The second kappa shape index (κ2) is 13.2. The SMILES string of the molecule is C[C@H](CO)N1C[C@H](C)[C@@H](CN(C)S(=O)(=O)c2ccc(Cl)cc2)Oc2ccc(NC(=O)Cc3cn(C)c4ccccc34)cc2C1=O. The zero-order valence-electron chi connectivity index (χ0n) is 25.6. The molecule has 0 fully saturated rings. The van der Waals surface area contributed by atoms with Gasteiger partial charge in [-0.2, -0.15) is 4.31 Å². The fourth-order valence-electron chi connectivity index (χ4n) is 5.60. The Labute approximate surface area is 268 Å². The molecule has 0 saturated carbocycles. The number of ether oxygens (including phenoxy) is 1. The van der Waals surface area contributed by atoms with Gasteiger partial charge in [-0.15, -0.1) is 0 Å². The number of hydrogen-bond acceptors (Lipinski definition) is 6. The van der Waals surface area contributed by atoms with Crippen molar-refractivity contribution in [2.24, 2.45) is 13.0 Å². The first-order chi connectivity index (χ1) is 21.4. The van der Waals surface area contributed by atoms with E-state index in [4.69, 9.17) is 16.3 Å². The van der Waals surface area contributed by atoms with E-state index in [2.05, 4.69) is 5.32 Å². The topological polar surface area (TPSA) is 121 Å². The minimum absolute atomic E-state index is 0.00459. The number of amides is 2. The zero-order chi connectivity index (χ0) is 32.5. The molecule has 1 aliphatic heterocycles. The van der Waals surface area contributed by atoms with Crippen molar-refractivity contribution in [2.45, 2.75) is 37.3 Å². The van der Waals surface area contributed by atoms with Crippen molar-refractivity contribution in [3.05, 3.63) is 89.1 Å². The Morgan fingerprint density at radius 1 is 1.16 bits per heavy atom. The van der Waals surface area contributed by atoms with Gasteiger partial charge in [0.15, 0.2) is 0 Å². The summed E-state index contributed by atoms with van der Waals surface area (Å²) < 4.78 is 36.2. The van der Waals surface area contributed by atoms with Gasteiger partial charge in [-0.3, -0.25) is 9.59 Å². The molecule has 1 aromatic heterocycles. The fourth-order valence-corrected chi connectivity index (χ4v) is 6.91. The van der Waals surface area contributed by atoms with Gasteiger partial charge in [0, 0.05) is 54.4 Å². The van der Waals surface area contributed by atoms with Crippen molar-refractivity contribution in [2.75, 3.05) is 32.1 Å². The van der Waals surface area contributed by atoms with Gasteiger partial charge in [-0.1, -0.05) is 36.7 Å². The number of aliphatic hydroxyl groups is 1. The highest BCUT2D eigenvalue weighted by Crippen LogP contribution is 2.31. The standard InChI is InChI=1S/C33H37ClN4O6S/c1-21-17-38(22(2)20-39)33(41)28-16-25(35-32(40)15-23-18-36(3)29-8-6-5-7-27(23)29)11-14-30(28)44-31(21)19-37(4)45(42,43)26-12-9-24(34)10-13-26/h5-14,16,18,21-22,31,39H,15,17,19-20H2,1-4H3,(H,35,40)/t21-,22+,31+/m0/s1. The first-order valence-corrected chi connectivity index (χ1v) is 16.5. The number of anilines is 1. The summed E-state index contributed by atoms with van der Waals surface area (Å²) in [6.07, 6.45) is 1.44. The molecule has 0 aliphatic carbocycles. The Hall–Kier alpha value is -3.90. The van der Waals surface area contributed by atoms with Gasteiger partial charge in [-0.05, 0) is 61.0 Å². The van der Waals surface area contributed by atoms with E-state index in [1.165, 1.54) is 35.6 Å². The number of fused-ring (bicyclic) bond motifs is 2. The van der Waals surface area contributed by atoms with Gasteiger partial charge in [0.25, 0.3) is 5.91 Å². The first kappa shape index (κ1) is 32.5. The second-order valence-electron chi connectivity index (χ2n) is 11.6. The number of hydrogen-bond donors (Lipinski definition) is 2. The quantitative estimate of drug-likeness (QED) is 0.274. The lowest BCUT2D eigenvalue weighted by Crippen LogP contribution is -2.50. The molecule has 2 heterocycles. The molecule has 0 unspecified atom stereocenters. The van der Waals surface area contributed by atoms with Gasteiger partial charge in [0.1, 0.15) is 11.9 Å².